The Kier molecular flexibility index (Phi) is 10.3. The zero-order chi connectivity index (χ0) is 26.7. The van der Waals surface area contributed by atoms with E-state index in [1.807, 2.05) is 83.8 Å². The number of urea groups is 1. The SMILES string of the molecule is CNC(=O)N(CCOc1ccc(-c2ccc(OCC(=O)N3CCCCC3)cc2)cc1)C(I)c1ccccc1. The number of amides is 3. The highest BCUT2D eigenvalue weighted by molar-refractivity contribution is 14.1. The van der Waals surface area contributed by atoms with Crippen LogP contribution in [0.3, 0.4) is 0 Å². The van der Waals surface area contributed by atoms with Crippen molar-refractivity contribution in [2.45, 2.75) is 23.3 Å². The van der Waals surface area contributed by atoms with Crippen molar-refractivity contribution < 1.29 is 19.1 Å². The van der Waals surface area contributed by atoms with Gasteiger partial charge in [-0.25, -0.2) is 4.79 Å². The summed E-state index contributed by atoms with van der Waals surface area (Å²) in [5, 5.41) is 2.72. The Morgan fingerprint density at radius 1 is 0.868 bits per heavy atom. The maximum absolute atomic E-state index is 12.5. The number of carbonyl (C=O) groups is 2. The van der Waals surface area contributed by atoms with E-state index in [4.69, 9.17) is 9.47 Å². The van der Waals surface area contributed by atoms with E-state index in [0.717, 1.165) is 48.4 Å². The first-order valence-electron chi connectivity index (χ1n) is 13.0. The van der Waals surface area contributed by atoms with E-state index in [9.17, 15) is 9.59 Å². The molecule has 1 fully saturated rings. The number of hydrogen-bond acceptors (Lipinski definition) is 4. The van der Waals surface area contributed by atoms with E-state index >= 15 is 0 Å². The highest BCUT2D eigenvalue weighted by Crippen LogP contribution is 2.28. The molecule has 0 bridgehead atoms. The molecule has 3 aromatic carbocycles. The first kappa shape index (κ1) is 27.8. The third kappa shape index (κ3) is 7.63. The number of halogens is 1. The molecule has 0 radical (unpaired) electrons. The van der Waals surface area contributed by atoms with Crippen LogP contribution >= 0.6 is 22.6 Å². The Balaban J connectivity index is 1.27. The maximum atomic E-state index is 12.5. The van der Waals surface area contributed by atoms with E-state index in [1.54, 1.807) is 11.9 Å². The first-order chi connectivity index (χ1) is 18.5. The van der Waals surface area contributed by atoms with Crippen molar-refractivity contribution in [2.75, 3.05) is 39.9 Å². The second kappa shape index (κ2) is 14.0. The molecule has 8 heteroatoms. The number of piperidine rings is 1. The standard InChI is InChI=1S/C30H34IN3O4/c1-32-30(36)34(29(31)25-8-4-2-5-9-25)20-21-37-26-14-10-23(11-15-26)24-12-16-27(17-13-24)38-22-28(35)33-18-6-3-7-19-33/h2,4-5,8-17,29H,3,6-7,18-22H2,1H3,(H,32,36). The Labute approximate surface area is 238 Å². The zero-order valence-electron chi connectivity index (χ0n) is 21.6. The second-order valence-corrected chi connectivity index (χ2v) is 10.3. The molecule has 4 rings (SSSR count). The van der Waals surface area contributed by atoms with E-state index in [1.165, 1.54) is 6.42 Å². The van der Waals surface area contributed by atoms with Gasteiger partial charge in [0.05, 0.1) is 6.54 Å². The minimum atomic E-state index is -0.143. The summed E-state index contributed by atoms with van der Waals surface area (Å²) in [6, 6.07) is 25.4. The summed E-state index contributed by atoms with van der Waals surface area (Å²) in [5.41, 5.74) is 3.16. The number of carbonyl (C=O) groups excluding carboxylic acids is 2. The first-order valence-corrected chi connectivity index (χ1v) is 14.2. The quantitative estimate of drug-likeness (QED) is 0.173. The molecule has 1 N–H and O–H groups in total. The summed E-state index contributed by atoms with van der Waals surface area (Å²) in [4.78, 5) is 28.4. The molecule has 0 saturated carbocycles. The lowest BCUT2D eigenvalue weighted by Gasteiger charge is -2.28. The van der Waals surface area contributed by atoms with Crippen LogP contribution in [-0.4, -0.2) is 61.6 Å². The van der Waals surface area contributed by atoms with Crippen molar-refractivity contribution >= 4 is 34.5 Å². The monoisotopic (exact) mass is 627 g/mol. The van der Waals surface area contributed by atoms with Gasteiger partial charge in [0.1, 0.15) is 22.2 Å². The van der Waals surface area contributed by atoms with Crippen LogP contribution in [-0.2, 0) is 4.79 Å². The van der Waals surface area contributed by atoms with Crippen LogP contribution in [0.2, 0.25) is 0 Å². The number of alkyl halides is 1. The summed E-state index contributed by atoms with van der Waals surface area (Å²) >= 11 is 2.28. The van der Waals surface area contributed by atoms with Crippen molar-refractivity contribution in [3.8, 4) is 22.6 Å². The summed E-state index contributed by atoms with van der Waals surface area (Å²) in [6.07, 6.45) is 3.35. The van der Waals surface area contributed by atoms with Crippen LogP contribution in [0.15, 0.2) is 78.9 Å². The average Bonchev–Trinajstić information content (AvgIpc) is 2.99. The van der Waals surface area contributed by atoms with Gasteiger partial charge in [-0.3, -0.25) is 4.79 Å². The van der Waals surface area contributed by atoms with Gasteiger partial charge >= 0.3 is 6.03 Å². The average molecular weight is 628 g/mol. The van der Waals surface area contributed by atoms with Crippen molar-refractivity contribution in [1.29, 1.82) is 0 Å². The third-order valence-electron chi connectivity index (χ3n) is 6.54. The van der Waals surface area contributed by atoms with Crippen LogP contribution < -0.4 is 14.8 Å². The summed E-state index contributed by atoms with van der Waals surface area (Å²) < 4.78 is 11.6. The van der Waals surface area contributed by atoms with Gasteiger partial charge in [-0.1, -0.05) is 77.2 Å². The fourth-order valence-corrected chi connectivity index (χ4v) is 5.33. The van der Waals surface area contributed by atoms with Crippen LogP contribution in [0.25, 0.3) is 11.1 Å². The number of nitrogens with one attached hydrogen (secondary N) is 1. The fourth-order valence-electron chi connectivity index (χ4n) is 4.38. The van der Waals surface area contributed by atoms with Gasteiger partial charge < -0.3 is 24.6 Å². The topological polar surface area (TPSA) is 71.1 Å². The van der Waals surface area contributed by atoms with Gasteiger partial charge in [0.25, 0.3) is 5.91 Å². The van der Waals surface area contributed by atoms with Crippen LogP contribution in [0.4, 0.5) is 4.79 Å². The minimum Gasteiger partial charge on any atom is -0.492 e. The maximum Gasteiger partial charge on any atom is 0.318 e. The molecule has 7 nitrogen and oxygen atoms in total. The Morgan fingerprint density at radius 2 is 1.45 bits per heavy atom. The molecule has 3 aromatic rings. The smallest absolute Gasteiger partial charge is 0.318 e. The summed E-state index contributed by atoms with van der Waals surface area (Å²) in [7, 11) is 1.64. The highest BCUT2D eigenvalue weighted by atomic mass is 127. The lowest BCUT2D eigenvalue weighted by atomic mass is 10.1. The van der Waals surface area contributed by atoms with E-state index < -0.39 is 0 Å². The van der Waals surface area contributed by atoms with Crippen molar-refractivity contribution in [3.63, 3.8) is 0 Å². The lowest BCUT2D eigenvalue weighted by molar-refractivity contribution is -0.134. The van der Waals surface area contributed by atoms with Crippen molar-refractivity contribution in [1.82, 2.24) is 15.1 Å². The summed E-state index contributed by atoms with van der Waals surface area (Å²) in [5.74, 6) is 1.48. The van der Waals surface area contributed by atoms with Gasteiger partial charge in [-0.2, -0.15) is 0 Å². The number of ether oxygens (including phenoxy) is 2. The Morgan fingerprint density at radius 3 is 2.03 bits per heavy atom. The second-order valence-electron chi connectivity index (χ2n) is 9.12. The zero-order valence-corrected chi connectivity index (χ0v) is 23.8. The largest absolute Gasteiger partial charge is 0.492 e. The van der Waals surface area contributed by atoms with Gasteiger partial charge in [0, 0.05) is 20.1 Å². The predicted octanol–water partition coefficient (Wildman–Crippen LogP) is 5.90. The molecule has 200 valence electrons. The Hall–Kier alpha value is -3.27. The number of likely N-dealkylation sites (tertiary alicyclic amines) is 1. The summed E-state index contributed by atoms with van der Waals surface area (Å²) in [6.45, 7) is 2.57. The van der Waals surface area contributed by atoms with Gasteiger partial charge in [-0.05, 0) is 60.2 Å². The molecule has 1 heterocycles. The van der Waals surface area contributed by atoms with Crippen LogP contribution in [0.5, 0.6) is 11.5 Å². The molecule has 38 heavy (non-hydrogen) atoms. The fraction of sp³-hybridized carbons (Fsp3) is 0.333. The molecule has 0 spiro atoms. The highest BCUT2D eigenvalue weighted by Gasteiger charge is 2.22. The molecule has 0 aliphatic carbocycles. The van der Waals surface area contributed by atoms with E-state index in [2.05, 4.69) is 27.9 Å². The molecule has 0 aromatic heterocycles. The van der Waals surface area contributed by atoms with Crippen LogP contribution in [0.1, 0.15) is 28.9 Å². The molecular weight excluding hydrogens is 593 g/mol. The normalized spacial score (nSPS) is 13.9. The molecule has 1 atom stereocenters. The van der Waals surface area contributed by atoms with Gasteiger partial charge in [-0.15, -0.1) is 0 Å². The van der Waals surface area contributed by atoms with Crippen LogP contribution in [0, 0.1) is 0 Å². The lowest BCUT2D eigenvalue weighted by Crippen LogP contribution is -2.41. The van der Waals surface area contributed by atoms with Gasteiger partial charge in [0.2, 0.25) is 0 Å². The predicted molar refractivity (Wildman–Crippen MR) is 158 cm³/mol. The molecule has 1 saturated heterocycles. The number of rotatable bonds is 10. The molecular formula is C30H34IN3O4. The molecule has 1 unspecified atom stereocenters. The Bertz CT molecular complexity index is 1170. The number of nitrogens with zero attached hydrogens (tertiary/aromatic N) is 2. The van der Waals surface area contributed by atoms with E-state index in [-0.39, 0.29) is 22.6 Å². The van der Waals surface area contributed by atoms with Crippen molar-refractivity contribution in [2.24, 2.45) is 0 Å². The third-order valence-corrected chi connectivity index (χ3v) is 7.93. The minimum absolute atomic E-state index is 0.0527. The number of hydrogen-bond donors (Lipinski definition) is 1. The van der Waals surface area contributed by atoms with Crippen molar-refractivity contribution in [3.05, 3.63) is 84.4 Å². The molecule has 3 amide bonds. The van der Waals surface area contributed by atoms with E-state index in [0.29, 0.717) is 18.9 Å². The molecule has 1 aliphatic rings. The van der Waals surface area contributed by atoms with Gasteiger partial charge in [0.15, 0.2) is 6.61 Å². The molecule has 1 aliphatic heterocycles. The number of benzene rings is 3.